The summed E-state index contributed by atoms with van der Waals surface area (Å²) in [6.45, 7) is 0.0493. The number of aromatic amines is 1. The number of rotatable bonds is 12. The molecule has 2 heterocycles. The van der Waals surface area contributed by atoms with Crippen molar-refractivity contribution in [2.75, 3.05) is 26.1 Å². The molecule has 1 aromatic heterocycles. The maximum atomic E-state index is 13.6. The van der Waals surface area contributed by atoms with Crippen LogP contribution in [0.1, 0.15) is 24.6 Å². The van der Waals surface area contributed by atoms with Gasteiger partial charge in [-0.05, 0) is 25.5 Å². The highest BCUT2D eigenvalue weighted by atomic mass is 35.5. The lowest BCUT2D eigenvalue weighted by Gasteiger charge is -2.28. The third kappa shape index (κ3) is 6.65. The zero-order valence-corrected chi connectivity index (χ0v) is 20.3. The average molecular weight is 518 g/mol. The summed E-state index contributed by atoms with van der Waals surface area (Å²) in [4.78, 5) is 25.4. The van der Waals surface area contributed by atoms with Gasteiger partial charge in [-0.3, -0.25) is 23.4 Å². The molecule has 0 saturated carbocycles. The molecule has 1 aliphatic heterocycles. The van der Waals surface area contributed by atoms with Gasteiger partial charge in [0.15, 0.2) is 6.23 Å². The lowest BCUT2D eigenvalue weighted by Crippen LogP contribution is -2.37. The van der Waals surface area contributed by atoms with Gasteiger partial charge in [-0.1, -0.05) is 30.3 Å². The number of nitrogens with one attached hydrogen (secondary N) is 1. The third-order valence-electron chi connectivity index (χ3n) is 5.39. The Hall–Kier alpha value is -1.82. The smallest absolute Gasteiger partial charge is 0.387 e. The number of nitrogens with zero attached hydrogens (tertiary/aromatic N) is 2. The Kier molecular flexibility index (Phi) is 9.64. The summed E-state index contributed by atoms with van der Waals surface area (Å²) in [5.41, 5.74) is -0.616. The summed E-state index contributed by atoms with van der Waals surface area (Å²) in [6.07, 6.45) is -2.75. The van der Waals surface area contributed by atoms with Crippen molar-refractivity contribution in [2.45, 2.75) is 44.0 Å². The van der Waals surface area contributed by atoms with E-state index in [0.29, 0.717) is 18.8 Å². The topological polar surface area (TPSA) is 143 Å². The molecular formula is C21H29ClN3O8P. The van der Waals surface area contributed by atoms with Crippen molar-refractivity contribution in [3.63, 3.8) is 0 Å². The van der Waals surface area contributed by atoms with Crippen molar-refractivity contribution in [1.82, 2.24) is 14.2 Å². The Balaban J connectivity index is 1.70. The average Bonchev–Trinajstić information content (AvgIpc) is 3.10. The molecule has 1 unspecified atom stereocenters. The number of unbranched alkanes of at least 4 members (excludes halogenated alkanes) is 1. The predicted molar refractivity (Wildman–Crippen MR) is 125 cm³/mol. The minimum Gasteiger partial charge on any atom is -0.387 e. The van der Waals surface area contributed by atoms with Crippen molar-refractivity contribution in [3.05, 3.63) is 69.0 Å². The first-order valence-corrected chi connectivity index (χ1v) is 12.8. The predicted octanol–water partition coefficient (Wildman–Crippen LogP) is 1.45. The maximum Gasteiger partial charge on any atom is 0.408 e. The molecule has 0 amide bonds. The first kappa shape index (κ1) is 26.8. The number of hydrogen-bond acceptors (Lipinski definition) is 8. The second-order valence-corrected chi connectivity index (χ2v) is 10.4. The van der Waals surface area contributed by atoms with E-state index in [2.05, 4.69) is 4.98 Å². The molecule has 1 aliphatic rings. The minimum absolute atomic E-state index is 0.0318. The first-order chi connectivity index (χ1) is 16.2. The molecule has 0 spiro atoms. The molecule has 0 bridgehead atoms. The zero-order chi connectivity index (χ0) is 24.7. The van der Waals surface area contributed by atoms with Crippen LogP contribution in [0.2, 0.25) is 0 Å². The number of H-pyrrole nitrogens is 1. The lowest BCUT2D eigenvalue weighted by molar-refractivity contribution is -0.0545. The third-order valence-corrected chi connectivity index (χ3v) is 7.62. The minimum atomic E-state index is -3.82. The second kappa shape index (κ2) is 12.2. The first-order valence-electron chi connectivity index (χ1n) is 10.8. The second-order valence-electron chi connectivity index (χ2n) is 7.86. The number of aliphatic hydroxyl groups excluding tert-OH is 2. The van der Waals surface area contributed by atoms with E-state index in [9.17, 15) is 24.4 Å². The highest BCUT2D eigenvalue weighted by Gasteiger charge is 2.45. The van der Waals surface area contributed by atoms with E-state index in [1.165, 1.54) is 4.67 Å². The van der Waals surface area contributed by atoms with Crippen molar-refractivity contribution in [1.29, 1.82) is 0 Å². The molecule has 2 aromatic rings. The molecule has 13 heteroatoms. The summed E-state index contributed by atoms with van der Waals surface area (Å²) < 4.78 is 33.0. The highest BCUT2D eigenvalue weighted by Crippen LogP contribution is 2.52. The van der Waals surface area contributed by atoms with Crippen LogP contribution in [0.15, 0.2) is 52.2 Å². The van der Waals surface area contributed by atoms with Gasteiger partial charge in [-0.2, -0.15) is 0 Å². The number of ether oxygens (including phenoxy) is 1. The molecule has 11 nitrogen and oxygen atoms in total. The molecular weight excluding hydrogens is 489 g/mol. The van der Waals surface area contributed by atoms with E-state index < -0.39 is 43.5 Å². The molecule has 5 atom stereocenters. The molecule has 0 aliphatic carbocycles. The van der Waals surface area contributed by atoms with E-state index in [0.717, 1.165) is 28.8 Å². The van der Waals surface area contributed by atoms with Crippen LogP contribution in [0.25, 0.3) is 0 Å². The van der Waals surface area contributed by atoms with Crippen LogP contribution >= 0.6 is 19.3 Å². The summed E-state index contributed by atoms with van der Waals surface area (Å²) in [6, 6.07) is 10.3. The summed E-state index contributed by atoms with van der Waals surface area (Å²) >= 11 is 5.74. The zero-order valence-electron chi connectivity index (χ0n) is 18.7. The highest BCUT2D eigenvalue weighted by molar-refractivity contribution is 7.51. The fourth-order valence-corrected chi connectivity index (χ4v) is 5.11. The van der Waals surface area contributed by atoms with Gasteiger partial charge < -0.3 is 14.9 Å². The molecule has 1 aromatic carbocycles. The molecule has 0 radical (unpaired) electrons. The molecule has 1 fully saturated rings. The van der Waals surface area contributed by atoms with Crippen LogP contribution in [0.5, 0.6) is 0 Å². The van der Waals surface area contributed by atoms with Crippen molar-refractivity contribution >= 4 is 19.3 Å². The fraction of sp³-hybridized carbons (Fsp3) is 0.524. The summed E-state index contributed by atoms with van der Waals surface area (Å²) in [5.74, 6) is 0.468. The van der Waals surface area contributed by atoms with Crippen LogP contribution in [-0.2, 0) is 25.0 Å². The molecule has 3 N–H and O–H groups in total. The summed E-state index contributed by atoms with van der Waals surface area (Å²) in [7, 11) is -2.22. The Morgan fingerprint density at radius 1 is 1.15 bits per heavy atom. The summed E-state index contributed by atoms with van der Waals surface area (Å²) in [5, 5.41) is 20.9. The number of benzene rings is 1. The standard InChI is InChI=1S/C21H29ClN3O8P/c1-24(11-6-5-10-22)34(30,31-13-15-7-3-2-4-8-15)32-14-16-18(27)19(28)20(33-16)25-12-9-17(26)23-21(25)29/h2-4,7-9,12,16,18-20,27-28H,5-6,10-11,13-14H2,1H3,(H,23,26,29)/t16-,18-,19-,20-,34?/m1/s1. The van der Waals surface area contributed by atoms with Gasteiger partial charge >= 0.3 is 13.4 Å². The van der Waals surface area contributed by atoms with Gasteiger partial charge in [0.25, 0.3) is 5.56 Å². The monoisotopic (exact) mass is 517 g/mol. The van der Waals surface area contributed by atoms with Crippen LogP contribution in [-0.4, -0.2) is 68.8 Å². The van der Waals surface area contributed by atoms with Gasteiger partial charge in [0, 0.05) is 24.7 Å². The van der Waals surface area contributed by atoms with E-state index in [4.69, 9.17) is 25.4 Å². The molecule has 188 valence electrons. The number of aliphatic hydroxyl groups is 2. The Morgan fingerprint density at radius 2 is 1.88 bits per heavy atom. The number of alkyl halides is 1. The Bertz CT molecular complexity index is 1080. The Morgan fingerprint density at radius 3 is 2.56 bits per heavy atom. The normalized spacial score (nSPS) is 24.4. The van der Waals surface area contributed by atoms with E-state index in [1.807, 2.05) is 30.3 Å². The molecule has 1 saturated heterocycles. The van der Waals surface area contributed by atoms with Gasteiger partial charge in [-0.15, -0.1) is 11.6 Å². The van der Waals surface area contributed by atoms with Gasteiger partial charge in [0.1, 0.15) is 18.3 Å². The van der Waals surface area contributed by atoms with E-state index in [-0.39, 0.29) is 13.2 Å². The van der Waals surface area contributed by atoms with Gasteiger partial charge in [-0.25, -0.2) is 14.0 Å². The van der Waals surface area contributed by atoms with Crippen molar-refractivity contribution < 1.29 is 28.6 Å². The van der Waals surface area contributed by atoms with Crippen LogP contribution in [0.4, 0.5) is 0 Å². The molecule has 3 rings (SSSR count). The number of aromatic nitrogens is 2. The van der Waals surface area contributed by atoms with Crippen molar-refractivity contribution in [2.24, 2.45) is 0 Å². The van der Waals surface area contributed by atoms with Gasteiger partial charge in [0.05, 0.1) is 13.2 Å². The largest absolute Gasteiger partial charge is 0.408 e. The van der Waals surface area contributed by atoms with Crippen LogP contribution < -0.4 is 11.2 Å². The van der Waals surface area contributed by atoms with Crippen LogP contribution in [0.3, 0.4) is 0 Å². The Labute approximate surface area is 201 Å². The fourth-order valence-electron chi connectivity index (χ4n) is 3.41. The number of halogens is 1. The van der Waals surface area contributed by atoms with Crippen molar-refractivity contribution in [3.8, 4) is 0 Å². The lowest BCUT2D eigenvalue weighted by atomic mass is 10.1. The number of hydrogen-bond donors (Lipinski definition) is 3. The molecule has 34 heavy (non-hydrogen) atoms. The quantitative estimate of drug-likeness (QED) is 0.216. The van der Waals surface area contributed by atoms with Crippen LogP contribution in [0, 0.1) is 0 Å². The maximum absolute atomic E-state index is 13.6. The van der Waals surface area contributed by atoms with E-state index >= 15 is 0 Å². The van der Waals surface area contributed by atoms with Gasteiger partial charge in [0.2, 0.25) is 0 Å². The van der Waals surface area contributed by atoms with E-state index in [1.54, 1.807) is 7.05 Å². The SMILES string of the molecule is CN(CCCCCl)P(=O)(OCc1ccccc1)OC[C@H]1O[C@@H](n2ccc(=O)[nH]c2=O)[C@H](O)[C@@H]1O.